The van der Waals surface area contributed by atoms with Crippen LogP contribution in [0, 0.1) is 0 Å². The van der Waals surface area contributed by atoms with E-state index in [1.54, 1.807) is 17.0 Å². The maximum Gasteiger partial charge on any atom is 0.303 e. The number of carbonyl (C=O) groups excluding carboxylic acids is 5. The SMILES string of the molecule is CC(=O)OC[C@H]1O[C@H](Oc2cc3c(c4ccccc24)[C@H]([C@@H](C)Cl)CN3C(=O)c2cc3cc(OCCN(C)C)ccc3[nH]2)[C@H](OC(C)=O)[C@@H](OC(C)=O)[C@@H]1OC(C)=O. The maximum atomic E-state index is 14.5. The normalized spacial score (nSPS) is 22.2. The van der Waals surface area contributed by atoms with E-state index in [-0.39, 0.29) is 29.5 Å². The van der Waals surface area contributed by atoms with Crippen molar-refractivity contribution in [1.82, 2.24) is 9.88 Å². The zero-order valence-electron chi connectivity index (χ0n) is 32.7. The molecule has 2 aliphatic heterocycles. The van der Waals surface area contributed by atoms with E-state index in [1.807, 2.05) is 68.4 Å². The third-order valence-corrected chi connectivity index (χ3v) is 9.99. The Balaban J connectivity index is 1.41. The molecule has 2 aliphatic rings. The molecule has 1 aromatic heterocycles. The van der Waals surface area contributed by atoms with Crippen molar-refractivity contribution in [2.75, 3.05) is 45.3 Å². The largest absolute Gasteiger partial charge is 0.492 e. The molecule has 1 fully saturated rings. The number of rotatable bonds is 13. The summed E-state index contributed by atoms with van der Waals surface area (Å²) in [5.41, 5.74) is 2.47. The molecule has 3 heterocycles. The molecule has 57 heavy (non-hydrogen) atoms. The maximum absolute atomic E-state index is 14.5. The van der Waals surface area contributed by atoms with Crippen LogP contribution in [0.1, 0.15) is 56.6 Å². The lowest BCUT2D eigenvalue weighted by Gasteiger charge is -2.44. The van der Waals surface area contributed by atoms with Gasteiger partial charge in [0.2, 0.25) is 12.4 Å². The summed E-state index contributed by atoms with van der Waals surface area (Å²) in [6, 6.07) is 16.5. The number of H-pyrrole nitrogens is 1. The van der Waals surface area contributed by atoms with Gasteiger partial charge in [-0.25, -0.2) is 0 Å². The fraction of sp³-hybridized carbons (Fsp3) is 0.439. The van der Waals surface area contributed by atoms with Crippen molar-refractivity contribution in [3.63, 3.8) is 0 Å². The van der Waals surface area contributed by atoms with Gasteiger partial charge in [-0.1, -0.05) is 24.3 Å². The van der Waals surface area contributed by atoms with Crippen molar-refractivity contribution >= 4 is 68.7 Å². The molecule has 304 valence electrons. The Labute approximate surface area is 334 Å². The Morgan fingerprint density at radius 3 is 2.19 bits per heavy atom. The molecule has 1 amide bonds. The van der Waals surface area contributed by atoms with Gasteiger partial charge in [0, 0.05) is 74.4 Å². The van der Waals surface area contributed by atoms with Gasteiger partial charge in [-0.05, 0) is 56.2 Å². The molecule has 16 heteroatoms. The summed E-state index contributed by atoms with van der Waals surface area (Å²) >= 11 is 6.83. The van der Waals surface area contributed by atoms with Gasteiger partial charge >= 0.3 is 23.9 Å². The Hall–Kier alpha value is -5.38. The summed E-state index contributed by atoms with van der Waals surface area (Å²) < 4.78 is 40.8. The molecule has 7 atom stereocenters. The number of aromatic nitrogens is 1. The number of nitrogens with one attached hydrogen (secondary N) is 1. The second-order valence-corrected chi connectivity index (χ2v) is 15.0. The highest BCUT2D eigenvalue weighted by Crippen LogP contribution is 2.48. The zero-order valence-corrected chi connectivity index (χ0v) is 33.5. The van der Waals surface area contributed by atoms with E-state index in [2.05, 4.69) is 4.98 Å². The second-order valence-electron chi connectivity index (χ2n) is 14.3. The van der Waals surface area contributed by atoms with Gasteiger partial charge in [0.25, 0.3) is 5.91 Å². The van der Waals surface area contributed by atoms with Crippen LogP contribution >= 0.6 is 11.6 Å². The molecule has 6 rings (SSSR count). The average molecular weight is 808 g/mol. The highest BCUT2D eigenvalue weighted by Gasteiger charge is 2.53. The Kier molecular flexibility index (Phi) is 12.6. The van der Waals surface area contributed by atoms with Crippen molar-refractivity contribution < 1.29 is 57.1 Å². The van der Waals surface area contributed by atoms with Crippen LogP contribution in [0.4, 0.5) is 5.69 Å². The summed E-state index contributed by atoms with van der Waals surface area (Å²) in [5.74, 6) is -2.62. The fourth-order valence-electron chi connectivity index (χ4n) is 7.23. The monoisotopic (exact) mass is 807 g/mol. The highest BCUT2D eigenvalue weighted by molar-refractivity contribution is 6.22. The number of hydrogen-bond acceptors (Lipinski definition) is 13. The number of amides is 1. The number of ether oxygens (including phenoxy) is 7. The first-order valence-electron chi connectivity index (χ1n) is 18.5. The smallest absolute Gasteiger partial charge is 0.303 e. The molecule has 3 aromatic carbocycles. The van der Waals surface area contributed by atoms with Crippen LogP contribution in [0.15, 0.2) is 54.6 Å². The summed E-state index contributed by atoms with van der Waals surface area (Å²) in [7, 11) is 3.94. The number of hydrogen-bond donors (Lipinski definition) is 1. The van der Waals surface area contributed by atoms with Crippen molar-refractivity contribution in [3.05, 3.63) is 65.9 Å². The molecule has 0 saturated carbocycles. The van der Waals surface area contributed by atoms with E-state index in [9.17, 15) is 24.0 Å². The topological polar surface area (TPSA) is 172 Å². The van der Waals surface area contributed by atoms with E-state index >= 15 is 0 Å². The first-order chi connectivity index (χ1) is 27.1. The number of benzene rings is 3. The Bertz CT molecular complexity index is 2170. The minimum atomic E-state index is -1.50. The molecule has 1 N–H and O–H groups in total. The molecular formula is C41H46ClN3O12. The molecule has 0 spiro atoms. The van der Waals surface area contributed by atoms with E-state index < -0.39 is 61.2 Å². The summed E-state index contributed by atoms with van der Waals surface area (Å²) in [4.78, 5) is 70.5. The van der Waals surface area contributed by atoms with Crippen LogP contribution in [-0.4, -0.2) is 116 Å². The van der Waals surface area contributed by atoms with Crippen LogP contribution in [0.3, 0.4) is 0 Å². The van der Waals surface area contributed by atoms with Gasteiger partial charge in [-0.2, -0.15) is 0 Å². The predicted molar refractivity (Wildman–Crippen MR) is 209 cm³/mol. The number of anilines is 1. The van der Waals surface area contributed by atoms with Crippen LogP contribution < -0.4 is 14.4 Å². The van der Waals surface area contributed by atoms with Gasteiger partial charge < -0.3 is 47.9 Å². The van der Waals surface area contributed by atoms with Crippen molar-refractivity contribution in [2.24, 2.45) is 0 Å². The van der Waals surface area contributed by atoms with E-state index in [4.69, 9.17) is 44.8 Å². The second kappa shape index (κ2) is 17.4. The number of likely N-dealkylation sites (N-methyl/N-ethyl adjacent to an activating group) is 1. The van der Waals surface area contributed by atoms with Gasteiger partial charge in [-0.15, -0.1) is 11.6 Å². The van der Waals surface area contributed by atoms with Crippen molar-refractivity contribution in [3.8, 4) is 11.5 Å². The standard InChI is InChI=1S/C41H46ClN3O12/c1-21(42)30-19-45(40(50)32-17-26-16-27(12-13-31(26)43-32)51-15-14-44(6)7)33-18-34(28-10-8-9-11-29(28)36(30)33)56-41-39(55-25(5)49)38(54-24(4)48)37(53-23(3)47)35(57-41)20-52-22(2)46/h8-13,16-18,21,30,35,37-39,41,43H,14-15,19-20H2,1-7H3/t21-,30+,35-,37-,38+,39-,41+/m1/s1. The van der Waals surface area contributed by atoms with E-state index in [0.717, 1.165) is 49.2 Å². The zero-order chi connectivity index (χ0) is 41.1. The number of nitrogens with zero attached hydrogens (tertiary/aromatic N) is 2. The summed E-state index contributed by atoms with van der Waals surface area (Å²) in [6.45, 7) is 7.60. The van der Waals surface area contributed by atoms with Gasteiger partial charge in [-0.3, -0.25) is 24.0 Å². The van der Waals surface area contributed by atoms with Gasteiger partial charge in [0.15, 0.2) is 12.2 Å². The minimum Gasteiger partial charge on any atom is -0.492 e. The first-order valence-corrected chi connectivity index (χ1v) is 18.9. The van der Waals surface area contributed by atoms with Crippen LogP contribution in [0.5, 0.6) is 11.5 Å². The minimum absolute atomic E-state index is 0.224. The molecule has 0 bridgehead atoms. The lowest BCUT2D eigenvalue weighted by atomic mass is 9.92. The summed E-state index contributed by atoms with van der Waals surface area (Å²) in [5, 5.41) is 1.79. The number of carbonyl (C=O) groups is 5. The van der Waals surface area contributed by atoms with Crippen molar-refractivity contribution in [2.45, 2.75) is 76.6 Å². The number of fused-ring (bicyclic) bond motifs is 4. The quantitative estimate of drug-likeness (QED) is 0.108. The summed E-state index contributed by atoms with van der Waals surface area (Å²) in [6.07, 6.45) is -6.98. The molecule has 0 radical (unpaired) electrons. The van der Waals surface area contributed by atoms with Crippen LogP contribution in [0.2, 0.25) is 0 Å². The molecular weight excluding hydrogens is 762 g/mol. The number of alkyl halides is 1. The molecule has 1 saturated heterocycles. The van der Waals surface area contributed by atoms with E-state index in [1.165, 1.54) is 6.92 Å². The third-order valence-electron chi connectivity index (χ3n) is 9.69. The fourth-order valence-corrected chi connectivity index (χ4v) is 7.44. The van der Waals surface area contributed by atoms with Gasteiger partial charge in [0.05, 0.1) is 5.69 Å². The molecule has 0 aliphatic carbocycles. The molecule has 15 nitrogen and oxygen atoms in total. The predicted octanol–water partition coefficient (Wildman–Crippen LogP) is 5.09. The number of esters is 4. The first kappa shape index (κ1) is 41.3. The molecule has 0 unspecified atom stereocenters. The molecule has 4 aromatic rings. The number of halogens is 1. The van der Waals surface area contributed by atoms with Crippen molar-refractivity contribution in [1.29, 1.82) is 0 Å². The average Bonchev–Trinajstić information content (AvgIpc) is 3.74. The highest BCUT2D eigenvalue weighted by atomic mass is 35.5. The lowest BCUT2D eigenvalue weighted by molar-refractivity contribution is -0.288. The van der Waals surface area contributed by atoms with E-state index in [0.29, 0.717) is 29.1 Å². The van der Waals surface area contributed by atoms with Gasteiger partial charge in [0.1, 0.15) is 36.5 Å². The Morgan fingerprint density at radius 1 is 0.877 bits per heavy atom. The third kappa shape index (κ3) is 9.27. The van der Waals surface area contributed by atoms with Crippen LogP contribution in [0.25, 0.3) is 21.7 Å². The lowest BCUT2D eigenvalue weighted by Crippen LogP contribution is -2.63. The number of aromatic amines is 1. The Morgan fingerprint density at radius 2 is 1.54 bits per heavy atom. The van der Waals surface area contributed by atoms with Crippen LogP contribution in [-0.2, 0) is 42.9 Å².